The molecule has 0 spiro atoms. The summed E-state index contributed by atoms with van der Waals surface area (Å²) in [5.74, 6) is 7.23. The number of benzene rings is 1. The molecule has 0 bridgehead atoms. The zero-order valence-corrected chi connectivity index (χ0v) is 15.1. The number of carbonyl (C=O) groups is 1. The van der Waals surface area contributed by atoms with Gasteiger partial charge >= 0.3 is 5.97 Å². The van der Waals surface area contributed by atoms with Crippen molar-refractivity contribution < 1.29 is 9.53 Å². The van der Waals surface area contributed by atoms with Crippen LogP contribution in [0.2, 0.25) is 0 Å². The lowest BCUT2D eigenvalue weighted by atomic mass is 9.81. The number of fused-ring (bicyclic) bond motifs is 1. The van der Waals surface area contributed by atoms with Crippen LogP contribution in [0.5, 0.6) is 0 Å². The number of thiophene rings is 1. The molecular formula is C19H18O2S2. The maximum Gasteiger partial charge on any atom is 0.348 e. The highest BCUT2D eigenvalue weighted by molar-refractivity contribution is 7.99. The van der Waals surface area contributed by atoms with Crippen LogP contribution in [0.15, 0.2) is 35.2 Å². The second kappa shape index (κ2) is 6.43. The number of ether oxygens (including phenoxy) is 1. The van der Waals surface area contributed by atoms with Gasteiger partial charge in [0.05, 0.1) is 12.0 Å². The zero-order chi connectivity index (χ0) is 16.4. The molecule has 1 aromatic carbocycles. The molecule has 0 aliphatic carbocycles. The summed E-state index contributed by atoms with van der Waals surface area (Å²) in [7, 11) is 1.39. The number of hydrogen-bond acceptors (Lipinski definition) is 4. The first kappa shape index (κ1) is 16.2. The van der Waals surface area contributed by atoms with Crippen molar-refractivity contribution in [1.82, 2.24) is 0 Å². The van der Waals surface area contributed by atoms with Gasteiger partial charge in [-0.25, -0.2) is 4.79 Å². The van der Waals surface area contributed by atoms with E-state index in [-0.39, 0.29) is 11.4 Å². The summed E-state index contributed by atoms with van der Waals surface area (Å²) in [4.78, 5) is 14.3. The third kappa shape index (κ3) is 3.46. The second-order valence-electron chi connectivity index (χ2n) is 6.10. The first-order chi connectivity index (χ1) is 11.0. The summed E-state index contributed by atoms with van der Waals surface area (Å²) in [6.07, 6.45) is 1.19. The van der Waals surface area contributed by atoms with E-state index in [0.29, 0.717) is 4.88 Å². The molecule has 118 valence electrons. The van der Waals surface area contributed by atoms with Gasteiger partial charge in [-0.3, -0.25) is 0 Å². The monoisotopic (exact) mass is 342 g/mol. The molecule has 1 aromatic heterocycles. The van der Waals surface area contributed by atoms with Crippen LogP contribution in [0.25, 0.3) is 0 Å². The average molecular weight is 342 g/mol. The van der Waals surface area contributed by atoms with Crippen molar-refractivity contribution in [3.05, 3.63) is 51.2 Å². The normalized spacial score (nSPS) is 15.3. The van der Waals surface area contributed by atoms with Gasteiger partial charge in [0.25, 0.3) is 0 Å². The number of carbonyl (C=O) groups excluding carboxylic acids is 1. The van der Waals surface area contributed by atoms with Crippen molar-refractivity contribution in [2.24, 2.45) is 0 Å². The van der Waals surface area contributed by atoms with Gasteiger partial charge in [0.1, 0.15) is 4.88 Å². The van der Waals surface area contributed by atoms with Gasteiger partial charge in [-0.15, -0.1) is 23.1 Å². The van der Waals surface area contributed by atoms with Crippen LogP contribution < -0.4 is 0 Å². The lowest BCUT2D eigenvalue weighted by Crippen LogP contribution is -2.22. The highest BCUT2D eigenvalue weighted by Crippen LogP contribution is 2.41. The molecule has 0 saturated heterocycles. The Kier molecular flexibility index (Phi) is 4.52. The van der Waals surface area contributed by atoms with Crippen LogP contribution in [-0.2, 0) is 10.2 Å². The minimum atomic E-state index is -0.310. The van der Waals surface area contributed by atoms with Crippen molar-refractivity contribution in [3.63, 3.8) is 0 Å². The zero-order valence-electron chi connectivity index (χ0n) is 13.4. The Bertz CT molecular complexity index is 806. The van der Waals surface area contributed by atoms with E-state index in [4.69, 9.17) is 4.74 Å². The highest BCUT2D eigenvalue weighted by Gasteiger charge is 2.27. The van der Waals surface area contributed by atoms with Gasteiger partial charge in [-0.2, -0.15) is 0 Å². The van der Waals surface area contributed by atoms with Gasteiger partial charge in [0.15, 0.2) is 0 Å². The topological polar surface area (TPSA) is 26.3 Å². The summed E-state index contributed by atoms with van der Waals surface area (Å²) in [6, 6.07) is 10.1. The Morgan fingerprint density at radius 1 is 1.22 bits per heavy atom. The van der Waals surface area contributed by atoms with E-state index in [2.05, 4.69) is 43.9 Å². The van der Waals surface area contributed by atoms with Crippen LogP contribution in [0, 0.1) is 11.8 Å². The summed E-state index contributed by atoms with van der Waals surface area (Å²) < 4.78 is 4.72. The summed E-state index contributed by atoms with van der Waals surface area (Å²) in [5.41, 5.74) is 2.62. The minimum absolute atomic E-state index is 0.208. The molecule has 0 fully saturated rings. The molecule has 1 aliphatic heterocycles. The van der Waals surface area contributed by atoms with Crippen molar-refractivity contribution in [3.8, 4) is 11.8 Å². The predicted molar refractivity (Wildman–Crippen MR) is 96.4 cm³/mol. The van der Waals surface area contributed by atoms with Crippen LogP contribution in [-0.4, -0.2) is 18.8 Å². The smallest absolute Gasteiger partial charge is 0.348 e. The van der Waals surface area contributed by atoms with Crippen molar-refractivity contribution in [1.29, 1.82) is 0 Å². The lowest BCUT2D eigenvalue weighted by Gasteiger charge is -2.32. The molecule has 3 rings (SSSR count). The molecule has 2 nitrogen and oxygen atoms in total. The Morgan fingerprint density at radius 2 is 2.04 bits per heavy atom. The van der Waals surface area contributed by atoms with E-state index in [1.54, 1.807) is 6.07 Å². The fourth-order valence-corrected chi connectivity index (χ4v) is 4.83. The maximum absolute atomic E-state index is 11.5. The van der Waals surface area contributed by atoms with Crippen LogP contribution in [0.3, 0.4) is 0 Å². The maximum atomic E-state index is 11.5. The molecule has 2 aromatic rings. The molecular weight excluding hydrogens is 324 g/mol. The molecule has 0 amide bonds. The first-order valence-electron chi connectivity index (χ1n) is 7.47. The van der Waals surface area contributed by atoms with E-state index in [0.717, 1.165) is 10.4 Å². The summed E-state index contributed by atoms with van der Waals surface area (Å²) in [6.45, 7) is 4.59. The lowest BCUT2D eigenvalue weighted by molar-refractivity contribution is 0.0606. The minimum Gasteiger partial charge on any atom is -0.465 e. The summed E-state index contributed by atoms with van der Waals surface area (Å²) >= 11 is 3.29. The number of rotatable bonds is 1. The molecule has 0 radical (unpaired) electrons. The number of esters is 1. The predicted octanol–water partition coefficient (Wildman–Crippen LogP) is 4.71. The van der Waals surface area contributed by atoms with E-state index < -0.39 is 0 Å². The van der Waals surface area contributed by atoms with Crippen molar-refractivity contribution >= 4 is 29.1 Å². The third-order valence-electron chi connectivity index (χ3n) is 4.02. The molecule has 0 atom stereocenters. The van der Waals surface area contributed by atoms with Crippen LogP contribution in [0.1, 0.15) is 45.9 Å². The van der Waals surface area contributed by atoms with Gasteiger partial charge in [0, 0.05) is 10.5 Å². The van der Waals surface area contributed by atoms with E-state index in [1.165, 1.54) is 41.1 Å². The van der Waals surface area contributed by atoms with Crippen molar-refractivity contribution in [2.75, 3.05) is 12.9 Å². The van der Waals surface area contributed by atoms with E-state index in [1.807, 2.05) is 17.8 Å². The average Bonchev–Trinajstić information content (AvgIpc) is 3.01. The Balaban J connectivity index is 1.87. The van der Waals surface area contributed by atoms with Gasteiger partial charge in [-0.05, 0) is 53.5 Å². The Morgan fingerprint density at radius 3 is 2.83 bits per heavy atom. The second-order valence-corrected chi connectivity index (χ2v) is 8.32. The molecule has 0 N–H and O–H groups in total. The number of methoxy groups -OCH3 is 1. The molecule has 0 saturated carbocycles. The molecule has 23 heavy (non-hydrogen) atoms. The molecule has 4 heteroatoms. The fraction of sp³-hybridized carbons (Fsp3) is 0.316. The Hall–Kier alpha value is -1.70. The quantitative estimate of drug-likeness (QED) is 0.555. The summed E-state index contributed by atoms with van der Waals surface area (Å²) in [5, 5.41) is 0. The van der Waals surface area contributed by atoms with Gasteiger partial charge in [0.2, 0.25) is 0 Å². The number of hydrogen-bond donors (Lipinski definition) is 0. The van der Waals surface area contributed by atoms with Crippen molar-refractivity contribution in [2.45, 2.75) is 30.6 Å². The molecule has 0 unspecified atom stereocenters. The largest absolute Gasteiger partial charge is 0.465 e. The van der Waals surface area contributed by atoms with Gasteiger partial charge < -0.3 is 4.74 Å². The van der Waals surface area contributed by atoms with Crippen LogP contribution >= 0.6 is 23.1 Å². The Labute approximate surface area is 145 Å². The highest BCUT2D eigenvalue weighted by atomic mass is 32.2. The van der Waals surface area contributed by atoms with Crippen LogP contribution in [0.4, 0.5) is 0 Å². The van der Waals surface area contributed by atoms with E-state index >= 15 is 0 Å². The molecule has 1 aliphatic rings. The standard InChI is InChI=1S/C19H18O2S2/c1-19(2)10-11-22-16-8-5-13(12-15(16)19)4-6-14-7-9-17(23-14)18(20)21-3/h5,7-9,12H,10-11H2,1-3H3. The first-order valence-corrected chi connectivity index (χ1v) is 9.27. The molecule has 2 heterocycles. The van der Waals surface area contributed by atoms with Gasteiger partial charge in [-0.1, -0.05) is 25.7 Å². The number of thioether (sulfide) groups is 1. The van der Waals surface area contributed by atoms with E-state index in [9.17, 15) is 4.79 Å². The fourth-order valence-electron chi connectivity index (χ4n) is 2.56. The third-order valence-corrected chi connectivity index (χ3v) is 6.07. The SMILES string of the molecule is COC(=O)c1ccc(C#Cc2ccc3c(c2)C(C)(C)CCS3)s1.